The van der Waals surface area contributed by atoms with E-state index >= 15 is 0 Å². The minimum Gasteiger partial charge on any atom is -0.374 e. The van der Waals surface area contributed by atoms with Gasteiger partial charge in [-0.1, -0.05) is 12.8 Å². The fourth-order valence-electron chi connectivity index (χ4n) is 4.03. The van der Waals surface area contributed by atoms with Gasteiger partial charge in [0, 0.05) is 23.4 Å². The molecule has 2 aliphatic heterocycles. The maximum Gasteiger partial charge on any atom is 0.254 e. The van der Waals surface area contributed by atoms with Gasteiger partial charge in [0.2, 0.25) is 0 Å². The Morgan fingerprint density at radius 1 is 1.35 bits per heavy atom. The summed E-state index contributed by atoms with van der Waals surface area (Å²) < 4.78 is 0. The summed E-state index contributed by atoms with van der Waals surface area (Å²) in [6.45, 7) is 5.02. The van der Waals surface area contributed by atoms with Gasteiger partial charge in [-0.3, -0.25) is 4.79 Å². The molecule has 23 heavy (non-hydrogen) atoms. The van der Waals surface area contributed by atoms with Crippen molar-refractivity contribution in [3.05, 3.63) is 16.0 Å². The minimum absolute atomic E-state index is 0.0697. The lowest BCUT2D eigenvalue weighted by Gasteiger charge is -2.25. The minimum atomic E-state index is -0.248. The third kappa shape index (κ3) is 2.57. The summed E-state index contributed by atoms with van der Waals surface area (Å²) in [5.74, 6) is 0.0697. The van der Waals surface area contributed by atoms with E-state index in [1.165, 1.54) is 36.1 Å². The number of thiophene rings is 1. The Morgan fingerprint density at radius 2 is 2.13 bits per heavy atom. The van der Waals surface area contributed by atoms with E-state index in [4.69, 9.17) is 0 Å². The van der Waals surface area contributed by atoms with Crippen molar-refractivity contribution >= 4 is 22.2 Å². The second-order valence-corrected chi connectivity index (χ2v) is 8.33. The first-order valence-corrected chi connectivity index (χ1v) is 9.51. The molecule has 0 spiro atoms. The van der Waals surface area contributed by atoms with Crippen LogP contribution in [0, 0.1) is 0 Å². The Bertz CT molecular complexity index is 662. The number of rotatable bonds is 3. The summed E-state index contributed by atoms with van der Waals surface area (Å²) in [5, 5.41) is 16.5. The number of hydrogen-bond donors (Lipinski definition) is 2. The van der Waals surface area contributed by atoms with E-state index in [2.05, 4.69) is 34.7 Å². The van der Waals surface area contributed by atoms with E-state index in [0.29, 0.717) is 6.04 Å². The Hall–Kier alpha value is -1.43. The van der Waals surface area contributed by atoms with Crippen LogP contribution in [-0.2, 0) is 12.0 Å². The first-order valence-electron chi connectivity index (χ1n) is 8.69. The number of amides is 1. The zero-order valence-electron chi connectivity index (χ0n) is 13.8. The van der Waals surface area contributed by atoms with Crippen LogP contribution in [-0.4, -0.2) is 24.5 Å². The average Bonchev–Trinajstić information content (AvgIpc) is 3.20. The van der Waals surface area contributed by atoms with Crippen molar-refractivity contribution in [1.29, 1.82) is 0 Å². The number of nitrogens with one attached hydrogen (secondary N) is 2. The van der Waals surface area contributed by atoms with Crippen LogP contribution in [0.5, 0.6) is 0 Å². The summed E-state index contributed by atoms with van der Waals surface area (Å²) in [5.41, 5.74) is 1.83. The Labute approximate surface area is 141 Å². The summed E-state index contributed by atoms with van der Waals surface area (Å²) in [4.78, 5) is 13.9. The van der Waals surface area contributed by atoms with E-state index in [1.807, 2.05) is 0 Å². The molecule has 0 radical (unpaired) electrons. The van der Waals surface area contributed by atoms with Crippen molar-refractivity contribution in [3.63, 3.8) is 0 Å². The quantitative estimate of drug-likeness (QED) is 0.883. The average molecular weight is 332 g/mol. The normalized spacial score (nSPS) is 30.5. The molecule has 3 aliphatic rings. The van der Waals surface area contributed by atoms with Crippen molar-refractivity contribution < 1.29 is 4.79 Å². The predicted molar refractivity (Wildman–Crippen MR) is 92.5 cm³/mol. The Kier molecular flexibility index (Phi) is 3.67. The molecule has 2 unspecified atom stereocenters. The van der Waals surface area contributed by atoms with Gasteiger partial charge in [-0.2, -0.15) is 10.2 Å². The fraction of sp³-hybridized carbons (Fsp3) is 0.706. The highest BCUT2D eigenvalue weighted by Gasteiger charge is 2.39. The first-order chi connectivity index (χ1) is 11.1. The van der Waals surface area contributed by atoms with Gasteiger partial charge in [0.15, 0.2) is 0 Å². The summed E-state index contributed by atoms with van der Waals surface area (Å²) in [6.07, 6.45) is 6.82. The van der Waals surface area contributed by atoms with E-state index in [0.717, 1.165) is 30.0 Å². The maximum atomic E-state index is 12.6. The van der Waals surface area contributed by atoms with E-state index in [9.17, 15) is 4.79 Å². The molecule has 0 bridgehead atoms. The van der Waals surface area contributed by atoms with Gasteiger partial charge >= 0.3 is 0 Å². The standard InChI is InChI=1S/C17H24N4OS/c1-10-9-12-13(15(22)19-10)16(20-11-5-3-4-6-11)23-14(12)17(2)7-8-18-21-17/h10-11,20H,3-9H2,1-2H3,(H,19,22). The molecule has 0 saturated heterocycles. The molecule has 6 heteroatoms. The van der Waals surface area contributed by atoms with Crippen LogP contribution in [0.1, 0.15) is 66.8 Å². The number of hydrogen-bond acceptors (Lipinski definition) is 5. The van der Waals surface area contributed by atoms with Crippen LogP contribution < -0.4 is 10.6 Å². The first kappa shape index (κ1) is 15.1. The zero-order valence-corrected chi connectivity index (χ0v) is 14.6. The van der Waals surface area contributed by atoms with Crippen LogP contribution in [0.2, 0.25) is 0 Å². The van der Waals surface area contributed by atoms with Gasteiger partial charge in [0.25, 0.3) is 5.91 Å². The van der Waals surface area contributed by atoms with Gasteiger partial charge in [0.05, 0.1) is 12.1 Å². The molecule has 0 aromatic carbocycles. The molecule has 124 valence electrons. The SMILES string of the molecule is CC1Cc2c(C3(C)CCN=N3)sc(NC3CCCC3)c2C(=O)N1. The number of azo groups is 1. The van der Waals surface area contributed by atoms with Crippen LogP contribution in [0.15, 0.2) is 10.2 Å². The zero-order chi connectivity index (χ0) is 16.0. The van der Waals surface area contributed by atoms with Crippen LogP contribution in [0.3, 0.4) is 0 Å². The number of anilines is 1. The van der Waals surface area contributed by atoms with Gasteiger partial charge in [-0.05, 0) is 38.7 Å². The van der Waals surface area contributed by atoms with Crippen LogP contribution in [0.4, 0.5) is 5.00 Å². The van der Waals surface area contributed by atoms with Crippen molar-refractivity contribution in [2.75, 3.05) is 11.9 Å². The van der Waals surface area contributed by atoms with E-state index in [1.54, 1.807) is 11.3 Å². The summed E-state index contributed by atoms with van der Waals surface area (Å²) in [6, 6.07) is 0.695. The van der Waals surface area contributed by atoms with Crippen molar-refractivity contribution in [2.24, 2.45) is 10.2 Å². The summed E-state index contributed by atoms with van der Waals surface area (Å²) >= 11 is 1.74. The molecule has 1 saturated carbocycles. The van der Waals surface area contributed by atoms with E-state index in [-0.39, 0.29) is 17.5 Å². The van der Waals surface area contributed by atoms with Crippen LogP contribution >= 0.6 is 11.3 Å². The fourth-order valence-corrected chi connectivity index (χ4v) is 5.45. The predicted octanol–water partition coefficient (Wildman–Crippen LogP) is 3.85. The Morgan fingerprint density at radius 3 is 2.83 bits per heavy atom. The monoisotopic (exact) mass is 332 g/mol. The lowest BCUT2D eigenvalue weighted by molar-refractivity contribution is 0.0930. The molecule has 1 aliphatic carbocycles. The molecule has 1 fully saturated rings. The summed E-state index contributed by atoms with van der Waals surface area (Å²) in [7, 11) is 0. The smallest absolute Gasteiger partial charge is 0.254 e. The molecule has 4 rings (SSSR count). The largest absolute Gasteiger partial charge is 0.374 e. The molecule has 2 N–H and O–H groups in total. The molecule has 1 aromatic heterocycles. The maximum absolute atomic E-state index is 12.6. The second-order valence-electron chi connectivity index (χ2n) is 7.31. The van der Waals surface area contributed by atoms with Crippen LogP contribution in [0.25, 0.3) is 0 Å². The molecular weight excluding hydrogens is 308 g/mol. The van der Waals surface area contributed by atoms with Crippen molar-refractivity contribution in [3.8, 4) is 0 Å². The number of fused-ring (bicyclic) bond motifs is 1. The molecule has 1 aromatic rings. The Balaban J connectivity index is 1.77. The van der Waals surface area contributed by atoms with Gasteiger partial charge in [-0.25, -0.2) is 0 Å². The molecule has 2 atom stereocenters. The lowest BCUT2D eigenvalue weighted by atomic mass is 9.88. The number of carbonyl (C=O) groups excluding carboxylic acids is 1. The third-order valence-corrected chi connectivity index (χ3v) is 6.71. The van der Waals surface area contributed by atoms with Gasteiger partial charge in [0.1, 0.15) is 10.5 Å². The highest BCUT2D eigenvalue weighted by molar-refractivity contribution is 7.17. The third-order valence-electron chi connectivity index (χ3n) is 5.29. The topological polar surface area (TPSA) is 65.8 Å². The van der Waals surface area contributed by atoms with Gasteiger partial charge < -0.3 is 10.6 Å². The molecule has 3 heterocycles. The number of nitrogens with zero attached hydrogens (tertiary/aromatic N) is 2. The van der Waals surface area contributed by atoms with E-state index < -0.39 is 0 Å². The number of carbonyl (C=O) groups is 1. The molecule has 5 nitrogen and oxygen atoms in total. The highest BCUT2D eigenvalue weighted by Crippen LogP contribution is 2.47. The van der Waals surface area contributed by atoms with Crippen molar-refractivity contribution in [2.45, 2.75) is 70.0 Å². The van der Waals surface area contributed by atoms with Crippen molar-refractivity contribution in [1.82, 2.24) is 5.32 Å². The highest BCUT2D eigenvalue weighted by atomic mass is 32.1. The van der Waals surface area contributed by atoms with Gasteiger partial charge in [-0.15, -0.1) is 11.3 Å². The molecular formula is C17H24N4OS. The second kappa shape index (κ2) is 5.58. The lowest BCUT2D eigenvalue weighted by Crippen LogP contribution is -2.40. The molecule has 1 amide bonds.